The maximum absolute atomic E-state index is 9.60. The van der Waals surface area contributed by atoms with Gasteiger partial charge in [-0.05, 0) is 12.1 Å². The summed E-state index contributed by atoms with van der Waals surface area (Å²) in [6.07, 6.45) is 4.16. The lowest BCUT2D eigenvalue weighted by Gasteiger charge is -1.79. The maximum Gasteiger partial charge on any atom is 0.303 e. The zero-order valence-corrected chi connectivity index (χ0v) is 7.09. The second kappa shape index (κ2) is 8.39. The summed E-state index contributed by atoms with van der Waals surface area (Å²) in [6, 6.07) is 5.72. The molecule has 0 atom stereocenters. The molecule has 13 heavy (non-hydrogen) atoms. The molecule has 0 aromatic carbocycles. The fourth-order valence-corrected chi connectivity index (χ4v) is 0.495. The monoisotopic (exact) mass is 181 g/mol. The van der Waals surface area contributed by atoms with Crippen LogP contribution in [0.15, 0.2) is 30.6 Å². The van der Waals surface area contributed by atoms with E-state index in [1.165, 1.54) is 0 Å². The van der Waals surface area contributed by atoms with E-state index in [0.717, 1.165) is 0 Å². The Hall–Kier alpha value is -1.71. The largest absolute Gasteiger partial charge is 0.481 e. The van der Waals surface area contributed by atoms with Crippen molar-refractivity contribution in [1.29, 1.82) is 0 Å². The highest BCUT2D eigenvalue weighted by molar-refractivity contribution is 5.70. The SMILES string of the molecule is O=CCCC(=O)O.c1ccncc1. The average Bonchev–Trinajstić information content (AvgIpc) is 2.18. The molecule has 0 amide bonds. The normalized spacial score (nSPS) is 8.00. The van der Waals surface area contributed by atoms with Crippen molar-refractivity contribution in [3.05, 3.63) is 30.6 Å². The quantitative estimate of drug-likeness (QED) is 0.710. The van der Waals surface area contributed by atoms with Crippen LogP contribution in [0.25, 0.3) is 0 Å². The van der Waals surface area contributed by atoms with Crippen LogP contribution >= 0.6 is 0 Å². The van der Waals surface area contributed by atoms with Crippen molar-refractivity contribution in [3.63, 3.8) is 0 Å². The van der Waals surface area contributed by atoms with Gasteiger partial charge in [0, 0.05) is 18.8 Å². The Balaban J connectivity index is 0.000000223. The van der Waals surface area contributed by atoms with Crippen LogP contribution in [-0.4, -0.2) is 22.3 Å². The molecular formula is C9H11NO3. The van der Waals surface area contributed by atoms with E-state index in [9.17, 15) is 9.59 Å². The summed E-state index contributed by atoms with van der Waals surface area (Å²) in [4.78, 5) is 22.8. The van der Waals surface area contributed by atoms with Gasteiger partial charge in [-0.25, -0.2) is 0 Å². The number of carbonyl (C=O) groups excluding carboxylic acids is 1. The zero-order valence-electron chi connectivity index (χ0n) is 7.09. The van der Waals surface area contributed by atoms with Gasteiger partial charge in [0.1, 0.15) is 6.29 Å². The van der Waals surface area contributed by atoms with E-state index >= 15 is 0 Å². The molecule has 0 saturated carbocycles. The van der Waals surface area contributed by atoms with E-state index < -0.39 is 5.97 Å². The fraction of sp³-hybridized carbons (Fsp3) is 0.222. The predicted octanol–water partition coefficient (Wildman–Crippen LogP) is 1.13. The van der Waals surface area contributed by atoms with E-state index in [4.69, 9.17) is 5.11 Å². The Morgan fingerprint density at radius 1 is 1.31 bits per heavy atom. The molecule has 0 fully saturated rings. The van der Waals surface area contributed by atoms with Crippen molar-refractivity contribution >= 4 is 12.3 Å². The van der Waals surface area contributed by atoms with E-state index in [1.54, 1.807) is 12.4 Å². The first kappa shape index (κ1) is 11.3. The van der Waals surface area contributed by atoms with E-state index in [0.29, 0.717) is 6.29 Å². The minimum absolute atomic E-state index is 0.0521. The molecule has 70 valence electrons. The molecule has 1 heterocycles. The summed E-state index contributed by atoms with van der Waals surface area (Å²) < 4.78 is 0. The summed E-state index contributed by atoms with van der Waals surface area (Å²) in [5.74, 6) is -0.924. The molecule has 1 rings (SSSR count). The van der Waals surface area contributed by atoms with Crippen LogP contribution in [-0.2, 0) is 9.59 Å². The average molecular weight is 181 g/mol. The standard InChI is InChI=1S/C5H5N.C4H6O3/c1-2-4-6-5-3-1;5-3-1-2-4(6)7/h1-5H;3H,1-2H2,(H,6,7). The van der Waals surface area contributed by atoms with E-state index in [2.05, 4.69) is 4.98 Å². The number of aldehydes is 1. The van der Waals surface area contributed by atoms with Crippen LogP contribution in [0.3, 0.4) is 0 Å². The summed E-state index contributed by atoms with van der Waals surface area (Å²) in [5, 5.41) is 7.89. The fourth-order valence-electron chi connectivity index (χ4n) is 0.495. The van der Waals surface area contributed by atoms with Crippen LogP contribution in [0, 0.1) is 0 Å². The lowest BCUT2D eigenvalue weighted by Crippen LogP contribution is -1.93. The third-order valence-corrected chi connectivity index (χ3v) is 1.04. The van der Waals surface area contributed by atoms with Crippen molar-refractivity contribution in [2.24, 2.45) is 0 Å². The molecule has 0 unspecified atom stereocenters. The smallest absolute Gasteiger partial charge is 0.303 e. The van der Waals surface area contributed by atoms with Gasteiger partial charge in [0.15, 0.2) is 0 Å². The van der Waals surface area contributed by atoms with Crippen molar-refractivity contribution in [2.75, 3.05) is 0 Å². The van der Waals surface area contributed by atoms with Gasteiger partial charge < -0.3 is 9.90 Å². The van der Waals surface area contributed by atoms with Gasteiger partial charge in [-0.15, -0.1) is 0 Å². The Morgan fingerprint density at radius 3 is 2.08 bits per heavy atom. The number of aromatic nitrogens is 1. The van der Waals surface area contributed by atoms with Crippen LogP contribution in [0.2, 0.25) is 0 Å². The topological polar surface area (TPSA) is 67.3 Å². The number of pyridine rings is 1. The minimum Gasteiger partial charge on any atom is -0.481 e. The molecule has 0 aliphatic heterocycles. The second-order valence-electron chi connectivity index (χ2n) is 2.12. The van der Waals surface area contributed by atoms with Crippen LogP contribution in [0.4, 0.5) is 0 Å². The molecule has 0 saturated heterocycles. The van der Waals surface area contributed by atoms with Crippen LogP contribution in [0.1, 0.15) is 12.8 Å². The lowest BCUT2D eigenvalue weighted by atomic mass is 10.3. The van der Waals surface area contributed by atoms with E-state index in [1.807, 2.05) is 18.2 Å². The number of carboxylic acids is 1. The number of hydrogen-bond acceptors (Lipinski definition) is 3. The first-order valence-corrected chi connectivity index (χ1v) is 3.77. The number of carbonyl (C=O) groups is 2. The first-order valence-electron chi connectivity index (χ1n) is 3.77. The van der Waals surface area contributed by atoms with Gasteiger partial charge in [-0.2, -0.15) is 0 Å². The van der Waals surface area contributed by atoms with E-state index in [-0.39, 0.29) is 12.8 Å². The molecule has 0 aliphatic rings. The summed E-state index contributed by atoms with van der Waals surface area (Å²) in [7, 11) is 0. The van der Waals surface area contributed by atoms with Gasteiger partial charge in [0.25, 0.3) is 0 Å². The highest BCUT2D eigenvalue weighted by Crippen LogP contribution is 1.80. The van der Waals surface area contributed by atoms with Gasteiger partial charge in [-0.3, -0.25) is 9.78 Å². The minimum atomic E-state index is -0.924. The van der Waals surface area contributed by atoms with Gasteiger partial charge in [0.2, 0.25) is 0 Å². The third-order valence-electron chi connectivity index (χ3n) is 1.04. The Bertz CT molecular complexity index is 209. The molecule has 1 aromatic heterocycles. The zero-order chi connectivity index (χ0) is 9.94. The Kier molecular flexibility index (Phi) is 7.28. The van der Waals surface area contributed by atoms with Crippen molar-refractivity contribution in [3.8, 4) is 0 Å². The Morgan fingerprint density at radius 2 is 1.92 bits per heavy atom. The first-order chi connectivity index (χ1) is 6.27. The highest BCUT2D eigenvalue weighted by atomic mass is 16.4. The second-order valence-corrected chi connectivity index (χ2v) is 2.12. The lowest BCUT2D eigenvalue weighted by molar-refractivity contribution is -0.137. The maximum atomic E-state index is 9.60. The summed E-state index contributed by atoms with van der Waals surface area (Å²) in [5.41, 5.74) is 0. The summed E-state index contributed by atoms with van der Waals surface area (Å²) >= 11 is 0. The third kappa shape index (κ3) is 10.3. The molecule has 0 spiro atoms. The molecule has 0 aliphatic carbocycles. The summed E-state index contributed by atoms with van der Waals surface area (Å²) in [6.45, 7) is 0. The highest BCUT2D eigenvalue weighted by Gasteiger charge is 1.91. The van der Waals surface area contributed by atoms with Crippen molar-refractivity contribution < 1.29 is 14.7 Å². The van der Waals surface area contributed by atoms with Gasteiger partial charge in [0.05, 0.1) is 6.42 Å². The molecule has 1 aromatic rings. The number of rotatable bonds is 3. The van der Waals surface area contributed by atoms with Crippen molar-refractivity contribution in [2.45, 2.75) is 12.8 Å². The molecular weight excluding hydrogens is 170 g/mol. The number of hydrogen-bond donors (Lipinski definition) is 1. The number of carboxylic acid groups (broad SMARTS) is 1. The van der Waals surface area contributed by atoms with Gasteiger partial charge >= 0.3 is 5.97 Å². The predicted molar refractivity (Wildman–Crippen MR) is 47.2 cm³/mol. The molecule has 1 N–H and O–H groups in total. The number of nitrogens with zero attached hydrogens (tertiary/aromatic N) is 1. The Labute approximate surface area is 76.2 Å². The number of aliphatic carboxylic acids is 1. The molecule has 0 bridgehead atoms. The van der Waals surface area contributed by atoms with Crippen molar-refractivity contribution in [1.82, 2.24) is 4.98 Å². The molecule has 0 radical (unpaired) electrons. The van der Waals surface area contributed by atoms with Crippen LogP contribution < -0.4 is 0 Å². The molecule has 4 heteroatoms. The van der Waals surface area contributed by atoms with Crippen LogP contribution in [0.5, 0.6) is 0 Å². The molecule has 4 nitrogen and oxygen atoms in total. The van der Waals surface area contributed by atoms with Gasteiger partial charge in [-0.1, -0.05) is 6.07 Å².